The summed E-state index contributed by atoms with van der Waals surface area (Å²) >= 11 is 0. The lowest BCUT2D eigenvalue weighted by Crippen LogP contribution is -2.46. The lowest BCUT2D eigenvalue weighted by Gasteiger charge is -2.41. The molecule has 3 heterocycles. The van der Waals surface area contributed by atoms with Crippen LogP contribution in [0.4, 0.5) is 11.9 Å². The minimum atomic E-state index is 0.0416. The van der Waals surface area contributed by atoms with Gasteiger partial charge in [-0.15, -0.1) is 0 Å². The van der Waals surface area contributed by atoms with Gasteiger partial charge in [0, 0.05) is 17.6 Å². The molecule has 1 aliphatic carbocycles. The Morgan fingerprint density at radius 3 is 2.58 bits per heavy atom. The number of anilines is 2. The molecule has 176 valence electrons. The standard InChI is InChI=1S/C26H36N6O/c1-18(2)22-17-27-32-23(22)29-24(31-15-9-14-26(31)12-6-5-7-13-26)30-25(32)28-19(3)20-10-8-11-21(16-20)33-4/h8,10-11,16-19H,5-7,9,12-15H2,1-4H3,(H,28,29,30)/t19-/m0/s1. The highest BCUT2D eigenvalue weighted by Crippen LogP contribution is 2.43. The second-order valence-corrected chi connectivity index (χ2v) is 10.0. The van der Waals surface area contributed by atoms with Crippen molar-refractivity contribution in [2.24, 2.45) is 0 Å². The molecule has 1 N–H and O–H groups in total. The van der Waals surface area contributed by atoms with Gasteiger partial charge in [-0.3, -0.25) is 0 Å². The molecule has 33 heavy (non-hydrogen) atoms. The first-order valence-electron chi connectivity index (χ1n) is 12.4. The van der Waals surface area contributed by atoms with Gasteiger partial charge in [-0.25, -0.2) is 0 Å². The Morgan fingerprint density at radius 1 is 1.03 bits per heavy atom. The molecular weight excluding hydrogens is 412 g/mol. The van der Waals surface area contributed by atoms with Crippen molar-refractivity contribution >= 4 is 17.5 Å². The number of benzene rings is 1. The van der Waals surface area contributed by atoms with Gasteiger partial charge in [-0.1, -0.05) is 45.2 Å². The third kappa shape index (κ3) is 4.02. The molecule has 3 aromatic rings. The van der Waals surface area contributed by atoms with Gasteiger partial charge in [-0.05, 0) is 56.2 Å². The minimum absolute atomic E-state index is 0.0416. The zero-order valence-corrected chi connectivity index (χ0v) is 20.3. The van der Waals surface area contributed by atoms with E-state index in [0.29, 0.717) is 5.92 Å². The Labute approximate surface area is 196 Å². The number of fused-ring (bicyclic) bond motifs is 1. The Bertz CT molecular complexity index is 1120. The van der Waals surface area contributed by atoms with Crippen LogP contribution in [0.15, 0.2) is 30.5 Å². The van der Waals surface area contributed by atoms with E-state index in [1.807, 2.05) is 22.8 Å². The Balaban J connectivity index is 1.56. The maximum atomic E-state index is 5.43. The molecule has 1 spiro atoms. The smallest absolute Gasteiger partial charge is 0.231 e. The van der Waals surface area contributed by atoms with Crippen molar-refractivity contribution < 1.29 is 4.74 Å². The van der Waals surface area contributed by atoms with E-state index in [9.17, 15) is 0 Å². The molecule has 0 amide bonds. The van der Waals surface area contributed by atoms with Crippen LogP contribution in [0.3, 0.4) is 0 Å². The summed E-state index contributed by atoms with van der Waals surface area (Å²) in [5.74, 6) is 2.79. The van der Waals surface area contributed by atoms with Gasteiger partial charge >= 0.3 is 0 Å². The number of hydrogen-bond acceptors (Lipinski definition) is 6. The number of methoxy groups -OCH3 is 1. The van der Waals surface area contributed by atoms with Gasteiger partial charge in [0.1, 0.15) is 5.75 Å². The number of nitrogens with zero attached hydrogens (tertiary/aromatic N) is 5. The fraction of sp³-hybridized carbons (Fsp3) is 0.577. The molecule has 7 heteroatoms. The van der Waals surface area contributed by atoms with E-state index in [-0.39, 0.29) is 11.6 Å². The monoisotopic (exact) mass is 448 g/mol. The summed E-state index contributed by atoms with van der Waals surface area (Å²) in [4.78, 5) is 12.7. The number of ether oxygens (including phenoxy) is 1. The summed E-state index contributed by atoms with van der Waals surface area (Å²) in [6, 6.07) is 8.21. The Morgan fingerprint density at radius 2 is 1.82 bits per heavy atom. The van der Waals surface area contributed by atoms with Crippen LogP contribution in [0.1, 0.15) is 88.8 Å². The molecule has 1 aliphatic heterocycles. The fourth-order valence-corrected chi connectivity index (χ4v) is 5.67. The molecule has 1 aromatic carbocycles. The molecule has 0 radical (unpaired) electrons. The van der Waals surface area contributed by atoms with Crippen LogP contribution in [0.2, 0.25) is 0 Å². The molecule has 0 unspecified atom stereocenters. The maximum Gasteiger partial charge on any atom is 0.231 e. The van der Waals surface area contributed by atoms with Gasteiger partial charge in [-0.2, -0.15) is 19.6 Å². The van der Waals surface area contributed by atoms with E-state index >= 15 is 0 Å². The van der Waals surface area contributed by atoms with Crippen molar-refractivity contribution in [2.45, 2.75) is 83.2 Å². The van der Waals surface area contributed by atoms with Crippen LogP contribution in [-0.2, 0) is 0 Å². The summed E-state index contributed by atoms with van der Waals surface area (Å²) in [5.41, 5.74) is 3.44. The predicted octanol–water partition coefficient (Wildman–Crippen LogP) is 5.73. The Hall–Kier alpha value is -2.83. The first kappa shape index (κ1) is 22.0. The van der Waals surface area contributed by atoms with Crippen molar-refractivity contribution in [1.29, 1.82) is 0 Å². The third-order valence-electron chi connectivity index (χ3n) is 7.57. The van der Waals surface area contributed by atoms with E-state index in [1.165, 1.54) is 44.9 Å². The second-order valence-electron chi connectivity index (χ2n) is 10.0. The van der Waals surface area contributed by atoms with Crippen molar-refractivity contribution in [2.75, 3.05) is 23.9 Å². The van der Waals surface area contributed by atoms with E-state index in [4.69, 9.17) is 14.7 Å². The summed E-state index contributed by atoms with van der Waals surface area (Å²) in [6.07, 6.45) is 10.9. The van der Waals surface area contributed by atoms with Gasteiger partial charge in [0.25, 0.3) is 0 Å². The zero-order valence-electron chi connectivity index (χ0n) is 20.3. The SMILES string of the molecule is COc1cccc([C@H](C)Nc2nc(N3CCCC34CCCCC4)nc3c(C(C)C)cnn23)c1. The molecular formula is C26H36N6O. The molecule has 7 nitrogen and oxygen atoms in total. The van der Waals surface area contributed by atoms with Crippen molar-refractivity contribution in [3.8, 4) is 5.75 Å². The first-order chi connectivity index (χ1) is 16.0. The lowest BCUT2D eigenvalue weighted by molar-refractivity contribution is 0.294. The van der Waals surface area contributed by atoms with Crippen LogP contribution >= 0.6 is 0 Å². The van der Waals surface area contributed by atoms with Crippen LogP contribution < -0.4 is 15.0 Å². The zero-order chi connectivity index (χ0) is 23.0. The molecule has 2 aliphatic rings. The maximum absolute atomic E-state index is 5.43. The van der Waals surface area contributed by atoms with Crippen LogP contribution in [0.25, 0.3) is 5.65 Å². The van der Waals surface area contributed by atoms with Gasteiger partial charge in [0.2, 0.25) is 11.9 Å². The molecule has 1 saturated carbocycles. The first-order valence-corrected chi connectivity index (χ1v) is 12.4. The second kappa shape index (κ2) is 8.84. The van der Waals surface area contributed by atoms with E-state index in [1.54, 1.807) is 7.11 Å². The number of hydrogen-bond donors (Lipinski definition) is 1. The molecule has 1 atom stereocenters. The minimum Gasteiger partial charge on any atom is -0.497 e. The highest BCUT2D eigenvalue weighted by molar-refractivity contribution is 5.57. The quantitative estimate of drug-likeness (QED) is 0.519. The van der Waals surface area contributed by atoms with Gasteiger partial charge < -0.3 is 15.0 Å². The average molecular weight is 449 g/mol. The third-order valence-corrected chi connectivity index (χ3v) is 7.57. The summed E-state index contributed by atoms with van der Waals surface area (Å²) in [5, 5.41) is 8.31. The van der Waals surface area contributed by atoms with Crippen molar-refractivity contribution in [3.05, 3.63) is 41.6 Å². The van der Waals surface area contributed by atoms with Gasteiger partial charge in [0.05, 0.1) is 19.3 Å². The highest BCUT2D eigenvalue weighted by Gasteiger charge is 2.43. The van der Waals surface area contributed by atoms with Crippen LogP contribution in [-0.4, -0.2) is 38.8 Å². The van der Waals surface area contributed by atoms with E-state index in [0.717, 1.165) is 41.0 Å². The normalized spacial score (nSPS) is 18.9. The summed E-state index contributed by atoms with van der Waals surface area (Å²) in [7, 11) is 1.70. The van der Waals surface area contributed by atoms with Gasteiger partial charge in [0.15, 0.2) is 5.65 Å². The van der Waals surface area contributed by atoms with E-state index in [2.05, 4.69) is 48.2 Å². The number of nitrogens with one attached hydrogen (secondary N) is 1. The highest BCUT2D eigenvalue weighted by atomic mass is 16.5. The molecule has 2 fully saturated rings. The Kier molecular flexibility index (Phi) is 5.89. The number of rotatable bonds is 6. The summed E-state index contributed by atoms with van der Waals surface area (Å²) in [6.45, 7) is 7.58. The molecule has 0 bridgehead atoms. The van der Waals surface area contributed by atoms with Crippen LogP contribution in [0.5, 0.6) is 5.75 Å². The lowest BCUT2D eigenvalue weighted by atomic mass is 9.80. The number of aromatic nitrogens is 4. The fourth-order valence-electron chi connectivity index (χ4n) is 5.67. The van der Waals surface area contributed by atoms with Crippen molar-refractivity contribution in [3.63, 3.8) is 0 Å². The van der Waals surface area contributed by atoms with E-state index < -0.39 is 0 Å². The average Bonchev–Trinajstić information content (AvgIpc) is 3.44. The van der Waals surface area contributed by atoms with Crippen LogP contribution in [0, 0.1) is 0 Å². The summed E-state index contributed by atoms with van der Waals surface area (Å²) < 4.78 is 7.30. The predicted molar refractivity (Wildman–Crippen MR) is 132 cm³/mol. The topological polar surface area (TPSA) is 67.6 Å². The molecule has 5 rings (SSSR count). The largest absolute Gasteiger partial charge is 0.497 e. The van der Waals surface area contributed by atoms with Crippen molar-refractivity contribution in [1.82, 2.24) is 19.6 Å². The molecule has 2 aromatic heterocycles. The molecule has 1 saturated heterocycles.